The summed E-state index contributed by atoms with van der Waals surface area (Å²) in [6, 6.07) is 7.27. The summed E-state index contributed by atoms with van der Waals surface area (Å²) in [6.45, 7) is 0. The van der Waals surface area contributed by atoms with Gasteiger partial charge >= 0.3 is 12.2 Å². The lowest BCUT2D eigenvalue weighted by Gasteiger charge is -2.06. The van der Waals surface area contributed by atoms with E-state index >= 15 is 0 Å². The fraction of sp³-hybridized carbons (Fsp3) is 0.0667. The van der Waals surface area contributed by atoms with Gasteiger partial charge in [0.05, 0.1) is 5.69 Å². The van der Waals surface area contributed by atoms with Crippen molar-refractivity contribution in [2.45, 2.75) is 6.18 Å². The minimum Gasteiger partial charge on any atom is -0.424 e. The lowest BCUT2D eigenvalue weighted by atomic mass is 10.2. The largest absolute Gasteiger partial charge is 0.435 e. The van der Waals surface area contributed by atoms with Gasteiger partial charge in [0, 0.05) is 18.0 Å². The molecule has 0 aliphatic rings. The molecule has 3 rings (SSSR count). The zero-order valence-corrected chi connectivity index (χ0v) is 11.8. The number of nitrogens with zero attached hydrogens (tertiary/aromatic N) is 4. The van der Waals surface area contributed by atoms with E-state index in [1.807, 2.05) is 0 Å². The van der Waals surface area contributed by atoms with Crippen LogP contribution < -0.4 is 4.74 Å². The molecule has 3 aromatic rings. The van der Waals surface area contributed by atoms with Gasteiger partial charge in [0.15, 0.2) is 5.69 Å². The SMILES string of the molecule is Fc1ccc(Oc2ncc(-c3ccc(C(F)(F)F)nn3)cn2)cc1. The third kappa shape index (κ3) is 3.62. The van der Waals surface area contributed by atoms with E-state index in [-0.39, 0.29) is 11.7 Å². The van der Waals surface area contributed by atoms with Crippen LogP contribution >= 0.6 is 0 Å². The van der Waals surface area contributed by atoms with Crippen LogP contribution in [0, 0.1) is 5.82 Å². The van der Waals surface area contributed by atoms with E-state index in [9.17, 15) is 17.6 Å². The van der Waals surface area contributed by atoms with Crippen LogP contribution in [-0.2, 0) is 6.18 Å². The molecule has 0 amide bonds. The van der Waals surface area contributed by atoms with Gasteiger partial charge in [-0.15, -0.1) is 10.2 Å². The van der Waals surface area contributed by atoms with Gasteiger partial charge in [-0.3, -0.25) is 0 Å². The Hall–Kier alpha value is -3.10. The van der Waals surface area contributed by atoms with E-state index in [0.717, 1.165) is 6.07 Å². The average Bonchev–Trinajstić information content (AvgIpc) is 2.57. The van der Waals surface area contributed by atoms with Crippen molar-refractivity contribution in [3.8, 4) is 23.0 Å². The lowest BCUT2D eigenvalue weighted by molar-refractivity contribution is -0.141. The molecule has 0 saturated heterocycles. The maximum absolute atomic E-state index is 12.8. The molecule has 0 aliphatic heterocycles. The molecular weight excluding hydrogens is 328 g/mol. The molecule has 1 aromatic carbocycles. The summed E-state index contributed by atoms with van der Waals surface area (Å²) in [6.07, 6.45) is -1.87. The fourth-order valence-electron chi connectivity index (χ4n) is 1.75. The molecule has 122 valence electrons. The summed E-state index contributed by atoms with van der Waals surface area (Å²) in [5.74, 6) is -0.0574. The quantitative estimate of drug-likeness (QED) is 0.679. The van der Waals surface area contributed by atoms with Crippen LogP contribution in [0.4, 0.5) is 17.6 Å². The first kappa shape index (κ1) is 15.8. The van der Waals surface area contributed by atoms with Gasteiger partial charge < -0.3 is 4.74 Å². The third-order valence-electron chi connectivity index (χ3n) is 2.90. The number of hydrogen-bond acceptors (Lipinski definition) is 5. The zero-order valence-electron chi connectivity index (χ0n) is 11.8. The Bertz CT molecular complexity index is 818. The highest BCUT2D eigenvalue weighted by molar-refractivity contribution is 5.56. The molecule has 0 spiro atoms. The van der Waals surface area contributed by atoms with Gasteiger partial charge in [-0.1, -0.05) is 0 Å². The Morgan fingerprint density at radius 3 is 2.04 bits per heavy atom. The zero-order chi connectivity index (χ0) is 17.2. The van der Waals surface area contributed by atoms with Gasteiger partial charge in [-0.05, 0) is 36.4 Å². The van der Waals surface area contributed by atoms with Crippen molar-refractivity contribution in [2.75, 3.05) is 0 Å². The van der Waals surface area contributed by atoms with Crippen LogP contribution in [0.1, 0.15) is 5.69 Å². The van der Waals surface area contributed by atoms with Crippen LogP contribution in [0.25, 0.3) is 11.3 Å². The van der Waals surface area contributed by atoms with Gasteiger partial charge in [-0.2, -0.15) is 13.2 Å². The van der Waals surface area contributed by atoms with Crippen molar-refractivity contribution >= 4 is 0 Å². The third-order valence-corrected chi connectivity index (χ3v) is 2.90. The van der Waals surface area contributed by atoms with Crippen molar-refractivity contribution in [1.82, 2.24) is 20.2 Å². The minimum absolute atomic E-state index is 0.00484. The second kappa shape index (κ2) is 6.19. The predicted octanol–water partition coefficient (Wildman–Crippen LogP) is 3.88. The van der Waals surface area contributed by atoms with Crippen LogP contribution in [-0.4, -0.2) is 20.2 Å². The summed E-state index contributed by atoms with van der Waals surface area (Å²) in [7, 11) is 0. The monoisotopic (exact) mass is 336 g/mol. The number of alkyl halides is 3. The van der Waals surface area contributed by atoms with Crippen molar-refractivity contribution in [3.05, 3.63) is 60.3 Å². The molecule has 0 saturated carbocycles. The Balaban J connectivity index is 1.75. The van der Waals surface area contributed by atoms with Gasteiger partial charge in [0.2, 0.25) is 0 Å². The van der Waals surface area contributed by atoms with Crippen molar-refractivity contribution < 1.29 is 22.3 Å². The predicted molar refractivity (Wildman–Crippen MR) is 74.5 cm³/mol. The second-order valence-electron chi connectivity index (χ2n) is 4.61. The Morgan fingerprint density at radius 2 is 1.50 bits per heavy atom. The summed E-state index contributed by atoms with van der Waals surface area (Å²) in [5, 5.41) is 6.63. The first-order valence-electron chi connectivity index (χ1n) is 6.58. The molecule has 2 aromatic heterocycles. The van der Waals surface area contributed by atoms with Crippen molar-refractivity contribution in [1.29, 1.82) is 0 Å². The molecule has 0 bridgehead atoms. The number of hydrogen-bond donors (Lipinski definition) is 0. The fourth-order valence-corrected chi connectivity index (χ4v) is 1.75. The molecule has 0 aliphatic carbocycles. The Labute approximate surface area is 133 Å². The number of halogens is 4. The maximum atomic E-state index is 12.8. The van der Waals surface area contributed by atoms with E-state index in [1.165, 1.54) is 42.7 Å². The van der Waals surface area contributed by atoms with E-state index in [4.69, 9.17) is 4.74 Å². The lowest BCUT2D eigenvalue weighted by Crippen LogP contribution is -2.09. The van der Waals surface area contributed by atoms with Crippen molar-refractivity contribution in [2.24, 2.45) is 0 Å². The molecule has 5 nitrogen and oxygen atoms in total. The Morgan fingerprint density at radius 1 is 0.833 bits per heavy atom. The highest BCUT2D eigenvalue weighted by Gasteiger charge is 2.32. The standard InChI is InChI=1S/C15H8F4N4O/c16-10-1-3-11(4-2-10)24-14-20-7-9(8-21-14)12-5-6-13(23-22-12)15(17,18)19/h1-8H. The van der Waals surface area contributed by atoms with Gasteiger partial charge in [0.1, 0.15) is 11.6 Å². The van der Waals surface area contributed by atoms with Crippen LogP contribution in [0.5, 0.6) is 11.8 Å². The molecule has 2 heterocycles. The number of benzene rings is 1. The second-order valence-corrected chi connectivity index (χ2v) is 4.61. The molecule has 0 fully saturated rings. The van der Waals surface area contributed by atoms with Gasteiger partial charge in [0.25, 0.3) is 0 Å². The number of aromatic nitrogens is 4. The smallest absolute Gasteiger partial charge is 0.424 e. The Kier molecular flexibility index (Phi) is 4.07. The topological polar surface area (TPSA) is 60.8 Å². The average molecular weight is 336 g/mol. The molecule has 0 N–H and O–H groups in total. The normalized spacial score (nSPS) is 11.3. The minimum atomic E-state index is -4.55. The molecule has 0 unspecified atom stereocenters. The summed E-state index contributed by atoms with van der Waals surface area (Å²) in [5.41, 5.74) is -0.512. The van der Waals surface area contributed by atoms with E-state index in [2.05, 4.69) is 20.2 Å². The number of ether oxygens (including phenoxy) is 1. The van der Waals surface area contributed by atoms with E-state index < -0.39 is 17.7 Å². The first-order chi connectivity index (χ1) is 11.4. The van der Waals surface area contributed by atoms with Crippen molar-refractivity contribution in [3.63, 3.8) is 0 Å². The molecule has 0 radical (unpaired) electrons. The van der Waals surface area contributed by atoms with Crippen LogP contribution in [0.2, 0.25) is 0 Å². The highest BCUT2D eigenvalue weighted by Crippen LogP contribution is 2.28. The number of rotatable bonds is 3. The van der Waals surface area contributed by atoms with Crippen LogP contribution in [0.3, 0.4) is 0 Å². The van der Waals surface area contributed by atoms with Gasteiger partial charge in [-0.25, -0.2) is 14.4 Å². The molecule has 9 heteroatoms. The molecule has 24 heavy (non-hydrogen) atoms. The summed E-state index contributed by atoms with van der Waals surface area (Å²) in [4.78, 5) is 7.85. The van der Waals surface area contributed by atoms with Crippen LogP contribution in [0.15, 0.2) is 48.8 Å². The molecule has 0 atom stereocenters. The maximum Gasteiger partial charge on any atom is 0.435 e. The highest BCUT2D eigenvalue weighted by atomic mass is 19.4. The summed E-state index contributed by atoms with van der Waals surface area (Å²) >= 11 is 0. The van der Waals surface area contributed by atoms with E-state index in [0.29, 0.717) is 11.3 Å². The summed E-state index contributed by atoms with van der Waals surface area (Å²) < 4.78 is 55.4. The first-order valence-corrected chi connectivity index (χ1v) is 6.58. The van der Waals surface area contributed by atoms with E-state index in [1.54, 1.807) is 0 Å². The molecular formula is C15H8F4N4O.